The molecule has 1 aliphatic rings. The number of rotatable bonds is 10. The molecule has 2 nitrogen and oxygen atoms in total. The highest BCUT2D eigenvalue weighted by Gasteiger charge is 2.87. The quantitative estimate of drug-likeness (QED) is 0.301. The molecule has 0 aromatic rings. The number of carbonyl (C=O) groups is 1. The average molecular weight is 456 g/mol. The van der Waals surface area contributed by atoms with Gasteiger partial charge in [0.1, 0.15) is 0 Å². The number of esters is 1. The molecule has 0 unspecified atom stereocenters. The lowest BCUT2D eigenvalue weighted by Crippen LogP contribution is -2.69. The molecule has 1 aliphatic carbocycles. The summed E-state index contributed by atoms with van der Waals surface area (Å²) in [7, 11) is 0. The van der Waals surface area contributed by atoms with Gasteiger partial charge in [0.25, 0.3) is 0 Å². The molecule has 0 N–H and O–H groups in total. The van der Waals surface area contributed by atoms with Gasteiger partial charge in [-0.15, -0.1) is 0 Å². The summed E-state index contributed by atoms with van der Waals surface area (Å²) in [5, 5.41) is 0. The first-order chi connectivity index (χ1) is 12.9. The van der Waals surface area contributed by atoms with Crippen LogP contribution in [-0.2, 0) is 9.53 Å². The van der Waals surface area contributed by atoms with Gasteiger partial charge < -0.3 is 4.74 Å². The van der Waals surface area contributed by atoms with Gasteiger partial charge in [0.05, 0.1) is 0 Å². The summed E-state index contributed by atoms with van der Waals surface area (Å²) in [6.07, 6.45) is -2.88. The lowest BCUT2D eigenvalue weighted by atomic mass is 9.94. The summed E-state index contributed by atoms with van der Waals surface area (Å²) >= 11 is 0. The molecule has 0 aromatic carbocycles. The van der Waals surface area contributed by atoms with E-state index in [1.54, 1.807) is 0 Å². The van der Waals surface area contributed by atoms with Gasteiger partial charge in [-0.05, 0) is 12.3 Å². The van der Waals surface area contributed by atoms with E-state index in [2.05, 4.69) is 4.74 Å². The molecular formula is C15H16F12O2. The molecule has 1 rings (SSSR count). The molecule has 0 aliphatic heterocycles. The van der Waals surface area contributed by atoms with E-state index in [-0.39, 0.29) is 12.3 Å². The number of carbonyl (C=O) groups excluding carboxylic acids is 1. The number of hydrogen-bond acceptors (Lipinski definition) is 2. The lowest BCUT2D eigenvalue weighted by molar-refractivity contribution is -0.414. The molecule has 0 spiro atoms. The molecule has 0 amide bonds. The zero-order chi connectivity index (χ0) is 22.9. The molecule has 172 valence electrons. The Bertz CT molecular complexity index is 570. The summed E-state index contributed by atoms with van der Waals surface area (Å²) in [5.41, 5.74) is 0. The van der Waals surface area contributed by atoms with Gasteiger partial charge in [0.2, 0.25) is 0 Å². The summed E-state index contributed by atoms with van der Waals surface area (Å²) < 4.78 is 159. The van der Waals surface area contributed by atoms with Crippen LogP contribution in [0.1, 0.15) is 38.5 Å². The van der Waals surface area contributed by atoms with Crippen molar-refractivity contribution in [3.63, 3.8) is 0 Å². The zero-order valence-electron chi connectivity index (χ0n) is 14.5. The van der Waals surface area contributed by atoms with Gasteiger partial charge in [-0.25, -0.2) is 8.78 Å². The predicted octanol–water partition coefficient (Wildman–Crippen LogP) is 5.94. The SMILES string of the molecule is O=C(CCC1CCCC1)OCC(F)(F)C(F)(F)C(F)(F)C(F)(F)C(F)(F)C(F)F. The maximum absolute atomic E-state index is 13.4. The minimum atomic E-state index is -7.61. The van der Waals surface area contributed by atoms with Crippen molar-refractivity contribution in [3.05, 3.63) is 0 Å². The molecule has 0 atom stereocenters. The number of ether oxygens (including phenoxy) is 1. The minimum Gasteiger partial charge on any atom is -0.459 e. The Labute approximate surface area is 156 Å². The molecule has 0 aromatic heterocycles. The van der Waals surface area contributed by atoms with Crippen molar-refractivity contribution in [2.24, 2.45) is 5.92 Å². The van der Waals surface area contributed by atoms with E-state index in [9.17, 15) is 57.5 Å². The average Bonchev–Trinajstić information content (AvgIpc) is 3.10. The minimum absolute atomic E-state index is 0.0316. The molecule has 0 bridgehead atoms. The van der Waals surface area contributed by atoms with Crippen LogP contribution in [0.2, 0.25) is 0 Å². The van der Waals surface area contributed by atoms with Crippen molar-refractivity contribution >= 4 is 5.97 Å². The van der Waals surface area contributed by atoms with Crippen LogP contribution in [0, 0.1) is 5.92 Å². The van der Waals surface area contributed by atoms with Gasteiger partial charge in [-0.3, -0.25) is 4.79 Å². The Kier molecular flexibility index (Phi) is 7.44. The third-order valence-electron chi connectivity index (χ3n) is 4.59. The van der Waals surface area contributed by atoms with E-state index >= 15 is 0 Å². The van der Waals surface area contributed by atoms with Gasteiger partial charge in [0, 0.05) is 6.42 Å². The first-order valence-corrected chi connectivity index (χ1v) is 8.24. The highest BCUT2D eigenvalue weighted by Crippen LogP contribution is 2.58. The van der Waals surface area contributed by atoms with E-state index in [4.69, 9.17) is 0 Å². The zero-order valence-corrected chi connectivity index (χ0v) is 14.5. The third-order valence-corrected chi connectivity index (χ3v) is 4.59. The second kappa shape index (κ2) is 8.40. The van der Waals surface area contributed by atoms with Gasteiger partial charge >= 0.3 is 42.0 Å². The first-order valence-electron chi connectivity index (χ1n) is 8.24. The van der Waals surface area contributed by atoms with Crippen molar-refractivity contribution in [2.75, 3.05) is 6.61 Å². The van der Waals surface area contributed by atoms with E-state index in [0.717, 1.165) is 12.8 Å². The molecule has 14 heteroatoms. The summed E-state index contributed by atoms with van der Waals surface area (Å²) in [6.45, 7) is -2.84. The van der Waals surface area contributed by atoms with Crippen molar-refractivity contribution in [2.45, 2.75) is 74.6 Å². The van der Waals surface area contributed by atoms with Crippen molar-refractivity contribution < 1.29 is 62.2 Å². The van der Waals surface area contributed by atoms with E-state index in [0.29, 0.717) is 12.8 Å². The Morgan fingerprint density at radius 2 is 1.31 bits per heavy atom. The van der Waals surface area contributed by atoms with E-state index < -0.39 is 55.0 Å². The highest BCUT2D eigenvalue weighted by molar-refractivity contribution is 5.69. The van der Waals surface area contributed by atoms with Crippen molar-refractivity contribution in [1.82, 2.24) is 0 Å². The molecule has 0 radical (unpaired) electrons. The van der Waals surface area contributed by atoms with Crippen LogP contribution in [0.5, 0.6) is 0 Å². The van der Waals surface area contributed by atoms with Crippen molar-refractivity contribution in [1.29, 1.82) is 0 Å². The fraction of sp³-hybridized carbons (Fsp3) is 0.933. The van der Waals surface area contributed by atoms with Gasteiger partial charge in [-0.2, -0.15) is 43.9 Å². The standard InChI is InChI=1S/C15H16F12O2/c16-10(17)12(20,21)14(24,25)15(26,27)13(22,23)11(18,19)7-29-9(28)6-5-8-3-1-2-4-8/h8,10H,1-7H2. The normalized spacial score (nSPS) is 17.8. The van der Waals surface area contributed by atoms with Crippen LogP contribution in [0.4, 0.5) is 52.7 Å². The predicted molar refractivity (Wildman–Crippen MR) is 72.9 cm³/mol. The maximum atomic E-state index is 13.4. The Balaban J connectivity index is 2.89. The number of alkyl halides is 12. The maximum Gasteiger partial charge on any atom is 0.384 e. The van der Waals surface area contributed by atoms with E-state index in [1.807, 2.05) is 0 Å². The third kappa shape index (κ3) is 4.70. The molecular weight excluding hydrogens is 440 g/mol. The monoisotopic (exact) mass is 456 g/mol. The number of halogens is 12. The van der Waals surface area contributed by atoms with Crippen molar-refractivity contribution in [3.8, 4) is 0 Å². The molecule has 1 fully saturated rings. The first kappa shape index (κ1) is 25.7. The van der Waals surface area contributed by atoms with Crippen LogP contribution < -0.4 is 0 Å². The highest BCUT2D eigenvalue weighted by atomic mass is 19.4. The van der Waals surface area contributed by atoms with Crippen LogP contribution in [-0.4, -0.2) is 48.6 Å². The molecule has 0 saturated heterocycles. The lowest BCUT2D eigenvalue weighted by Gasteiger charge is -2.38. The van der Waals surface area contributed by atoms with E-state index in [1.165, 1.54) is 0 Å². The summed E-state index contributed by atoms with van der Waals surface area (Å²) in [5.74, 6) is -37.2. The van der Waals surface area contributed by atoms with Crippen LogP contribution >= 0.6 is 0 Å². The van der Waals surface area contributed by atoms with Crippen LogP contribution in [0.15, 0.2) is 0 Å². The summed E-state index contributed by atoms with van der Waals surface area (Å²) in [6, 6.07) is 0. The second-order valence-electron chi connectivity index (χ2n) is 6.70. The molecule has 29 heavy (non-hydrogen) atoms. The topological polar surface area (TPSA) is 26.3 Å². The number of hydrogen-bond donors (Lipinski definition) is 0. The van der Waals surface area contributed by atoms with Crippen LogP contribution in [0.3, 0.4) is 0 Å². The fourth-order valence-electron chi connectivity index (χ4n) is 2.73. The largest absolute Gasteiger partial charge is 0.459 e. The molecule has 0 heterocycles. The Hall–Kier alpha value is -1.37. The molecule has 1 saturated carbocycles. The Morgan fingerprint density at radius 3 is 1.76 bits per heavy atom. The van der Waals surface area contributed by atoms with Crippen LogP contribution in [0.25, 0.3) is 0 Å². The fourth-order valence-corrected chi connectivity index (χ4v) is 2.73. The van der Waals surface area contributed by atoms with Gasteiger partial charge in [-0.1, -0.05) is 25.7 Å². The summed E-state index contributed by atoms with van der Waals surface area (Å²) in [4.78, 5) is 11.3. The van der Waals surface area contributed by atoms with Gasteiger partial charge in [0.15, 0.2) is 6.61 Å². The second-order valence-corrected chi connectivity index (χ2v) is 6.70. The smallest absolute Gasteiger partial charge is 0.384 e. The Morgan fingerprint density at radius 1 is 0.828 bits per heavy atom.